The molecule has 0 radical (unpaired) electrons. The van der Waals surface area contributed by atoms with Gasteiger partial charge in [-0.3, -0.25) is 20.1 Å². The van der Waals surface area contributed by atoms with Gasteiger partial charge >= 0.3 is 5.69 Å². The zero-order valence-electron chi connectivity index (χ0n) is 16.3. The van der Waals surface area contributed by atoms with Gasteiger partial charge in [-0.25, -0.2) is 9.37 Å². The second kappa shape index (κ2) is 9.08. The van der Waals surface area contributed by atoms with Crippen molar-refractivity contribution in [3.05, 3.63) is 124 Å². The third-order valence-electron chi connectivity index (χ3n) is 4.92. The van der Waals surface area contributed by atoms with Gasteiger partial charge in [0.15, 0.2) is 0 Å². The summed E-state index contributed by atoms with van der Waals surface area (Å²) in [5.74, 6) is -0.570. The van der Waals surface area contributed by atoms with Gasteiger partial charge in [-0.15, -0.1) is 0 Å². The molecule has 0 bridgehead atoms. The monoisotopic (exact) mass is 415 g/mol. The van der Waals surface area contributed by atoms with Crippen LogP contribution >= 0.6 is 0 Å². The molecule has 3 heterocycles. The van der Waals surface area contributed by atoms with E-state index in [0.717, 1.165) is 16.7 Å². The first kappa shape index (κ1) is 20.1. The van der Waals surface area contributed by atoms with E-state index in [1.807, 2.05) is 24.3 Å². The molecule has 7 nitrogen and oxygen atoms in total. The SMILES string of the molecule is O=[N+]([O-])c1cccnc1NC(c1ccc(F)cc1)C(c1cccnc1)c1cccnc1. The maximum absolute atomic E-state index is 13.7. The Labute approximate surface area is 177 Å². The number of nitrogens with one attached hydrogen (secondary N) is 1. The molecule has 154 valence electrons. The molecular formula is C23H18FN5O2. The quantitative estimate of drug-likeness (QED) is 0.341. The summed E-state index contributed by atoms with van der Waals surface area (Å²) in [7, 11) is 0. The number of nitro groups is 1. The first-order chi connectivity index (χ1) is 15.1. The summed E-state index contributed by atoms with van der Waals surface area (Å²) < 4.78 is 13.7. The highest BCUT2D eigenvalue weighted by Gasteiger charge is 2.29. The lowest BCUT2D eigenvalue weighted by atomic mass is 9.83. The molecule has 0 saturated heterocycles. The maximum Gasteiger partial charge on any atom is 0.311 e. The Morgan fingerprint density at radius 3 is 2.00 bits per heavy atom. The molecule has 1 aromatic carbocycles. The van der Waals surface area contributed by atoms with Crippen LogP contribution in [0.1, 0.15) is 28.7 Å². The Morgan fingerprint density at radius 1 is 0.839 bits per heavy atom. The molecule has 0 aliphatic rings. The van der Waals surface area contributed by atoms with Crippen LogP contribution in [0.15, 0.2) is 91.6 Å². The van der Waals surface area contributed by atoms with E-state index >= 15 is 0 Å². The third-order valence-corrected chi connectivity index (χ3v) is 4.92. The number of hydrogen-bond donors (Lipinski definition) is 1. The summed E-state index contributed by atoms with van der Waals surface area (Å²) in [6.07, 6.45) is 8.31. The summed E-state index contributed by atoms with van der Waals surface area (Å²) in [6.45, 7) is 0. The number of benzene rings is 1. The molecular weight excluding hydrogens is 397 g/mol. The molecule has 0 saturated carbocycles. The van der Waals surface area contributed by atoms with Crippen molar-refractivity contribution in [3.63, 3.8) is 0 Å². The summed E-state index contributed by atoms with van der Waals surface area (Å²) in [4.78, 5) is 23.7. The first-order valence-electron chi connectivity index (χ1n) is 9.55. The van der Waals surface area contributed by atoms with Gasteiger partial charge in [-0.2, -0.15) is 0 Å². The molecule has 3 aromatic heterocycles. The van der Waals surface area contributed by atoms with Gasteiger partial charge in [0.1, 0.15) is 5.82 Å². The normalized spacial score (nSPS) is 11.8. The molecule has 1 N–H and O–H groups in total. The number of pyridine rings is 3. The molecule has 0 aliphatic carbocycles. The first-order valence-corrected chi connectivity index (χ1v) is 9.55. The highest BCUT2D eigenvalue weighted by atomic mass is 19.1. The Bertz CT molecular complexity index is 1120. The van der Waals surface area contributed by atoms with E-state index in [1.165, 1.54) is 30.5 Å². The largest absolute Gasteiger partial charge is 0.357 e. The van der Waals surface area contributed by atoms with E-state index in [1.54, 1.807) is 36.9 Å². The molecule has 0 fully saturated rings. The number of rotatable bonds is 7. The minimum Gasteiger partial charge on any atom is -0.357 e. The smallest absolute Gasteiger partial charge is 0.311 e. The summed E-state index contributed by atoms with van der Waals surface area (Å²) in [5, 5.41) is 14.8. The molecule has 0 spiro atoms. The van der Waals surface area contributed by atoms with Gasteiger partial charge in [0.25, 0.3) is 0 Å². The minimum atomic E-state index is -0.511. The highest BCUT2D eigenvalue weighted by molar-refractivity contribution is 5.57. The Kier molecular flexibility index (Phi) is 5.89. The van der Waals surface area contributed by atoms with E-state index in [9.17, 15) is 14.5 Å². The number of halogens is 1. The van der Waals surface area contributed by atoms with Crippen LogP contribution in [0.3, 0.4) is 0 Å². The van der Waals surface area contributed by atoms with Crippen LogP contribution in [0.25, 0.3) is 0 Å². The summed E-state index contributed by atoms with van der Waals surface area (Å²) >= 11 is 0. The van der Waals surface area contributed by atoms with Crippen molar-refractivity contribution in [1.82, 2.24) is 15.0 Å². The van der Waals surface area contributed by atoms with Crippen LogP contribution < -0.4 is 5.32 Å². The van der Waals surface area contributed by atoms with Gasteiger partial charge in [-0.1, -0.05) is 24.3 Å². The Balaban J connectivity index is 1.88. The molecule has 8 heteroatoms. The van der Waals surface area contributed by atoms with Gasteiger partial charge in [0.05, 0.1) is 11.0 Å². The third kappa shape index (κ3) is 4.53. The lowest BCUT2D eigenvalue weighted by Gasteiger charge is -2.29. The molecule has 4 rings (SSSR count). The number of anilines is 1. The Morgan fingerprint density at radius 2 is 1.45 bits per heavy atom. The molecule has 31 heavy (non-hydrogen) atoms. The van der Waals surface area contributed by atoms with Crippen molar-refractivity contribution in [1.29, 1.82) is 0 Å². The predicted octanol–water partition coefficient (Wildman–Crippen LogP) is 4.90. The van der Waals surface area contributed by atoms with Gasteiger partial charge in [0.2, 0.25) is 5.82 Å². The van der Waals surface area contributed by atoms with Crippen LogP contribution in [-0.2, 0) is 0 Å². The molecule has 1 unspecified atom stereocenters. The second-order valence-electron chi connectivity index (χ2n) is 6.85. The Hall–Kier alpha value is -4.20. The minimum absolute atomic E-state index is 0.125. The van der Waals surface area contributed by atoms with Gasteiger partial charge < -0.3 is 5.32 Å². The standard InChI is InChI=1S/C23H18FN5O2/c24-19-9-7-16(8-10-19)22(28-23-20(29(30)31)6-3-13-27-23)21(17-4-1-11-25-14-17)18-5-2-12-26-15-18/h1-15,21-22H,(H,27,28). The molecule has 4 aromatic rings. The summed E-state index contributed by atoms with van der Waals surface area (Å²) in [6, 6.07) is 15.9. The van der Waals surface area contributed by atoms with Gasteiger partial charge in [-0.05, 0) is 47.0 Å². The molecule has 0 amide bonds. The van der Waals surface area contributed by atoms with Crippen molar-refractivity contribution >= 4 is 11.5 Å². The summed E-state index contributed by atoms with van der Waals surface area (Å²) in [5.41, 5.74) is 2.33. The fourth-order valence-corrected chi connectivity index (χ4v) is 3.53. The van der Waals surface area contributed by atoms with E-state index in [0.29, 0.717) is 0 Å². The fourth-order valence-electron chi connectivity index (χ4n) is 3.53. The molecule has 0 aliphatic heterocycles. The van der Waals surface area contributed by atoms with Crippen LogP contribution in [0.5, 0.6) is 0 Å². The lowest BCUT2D eigenvalue weighted by Crippen LogP contribution is -2.22. The van der Waals surface area contributed by atoms with E-state index in [-0.39, 0.29) is 23.2 Å². The predicted molar refractivity (Wildman–Crippen MR) is 114 cm³/mol. The van der Waals surface area contributed by atoms with E-state index < -0.39 is 11.0 Å². The van der Waals surface area contributed by atoms with Crippen LogP contribution in [0.4, 0.5) is 15.9 Å². The second-order valence-corrected chi connectivity index (χ2v) is 6.85. The molecule has 1 atom stereocenters. The zero-order chi connectivity index (χ0) is 21.6. The average Bonchev–Trinajstić information content (AvgIpc) is 2.81. The zero-order valence-corrected chi connectivity index (χ0v) is 16.3. The number of hydrogen-bond acceptors (Lipinski definition) is 6. The average molecular weight is 415 g/mol. The van der Waals surface area contributed by atoms with E-state index in [2.05, 4.69) is 20.3 Å². The van der Waals surface area contributed by atoms with Crippen molar-refractivity contribution in [2.24, 2.45) is 0 Å². The van der Waals surface area contributed by atoms with Crippen molar-refractivity contribution < 1.29 is 9.31 Å². The maximum atomic E-state index is 13.7. The van der Waals surface area contributed by atoms with Crippen LogP contribution in [-0.4, -0.2) is 19.9 Å². The van der Waals surface area contributed by atoms with Crippen molar-refractivity contribution in [2.75, 3.05) is 5.32 Å². The van der Waals surface area contributed by atoms with Crippen molar-refractivity contribution in [3.8, 4) is 0 Å². The lowest BCUT2D eigenvalue weighted by molar-refractivity contribution is -0.384. The van der Waals surface area contributed by atoms with Crippen LogP contribution in [0.2, 0.25) is 0 Å². The van der Waals surface area contributed by atoms with E-state index in [4.69, 9.17) is 0 Å². The highest BCUT2D eigenvalue weighted by Crippen LogP contribution is 2.39. The number of nitrogens with zero attached hydrogens (tertiary/aromatic N) is 4. The fraction of sp³-hybridized carbons (Fsp3) is 0.0870. The topological polar surface area (TPSA) is 93.8 Å². The van der Waals surface area contributed by atoms with Crippen LogP contribution in [0, 0.1) is 15.9 Å². The van der Waals surface area contributed by atoms with Crippen molar-refractivity contribution in [2.45, 2.75) is 12.0 Å². The number of aromatic nitrogens is 3. The van der Waals surface area contributed by atoms with Gasteiger partial charge in [0, 0.05) is 43.0 Å².